The number of aromatic nitrogens is 3. The second-order valence-corrected chi connectivity index (χ2v) is 27.1. The van der Waals surface area contributed by atoms with Crippen molar-refractivity contribution in [2.45, 2.75) is 213 Å². The van der Waals surface area contributed by atoms with Gasteiger partial charge in [-0.15, -0.1) is 35.3 Å². The topological polar surface area (TPSA) is 145 Å². The van der Waals surface area contributed by atoms with E-state index in [1.165, 1.54) is 0 Å². The van der Waals surface area contributed by atoms with Crippen LogP contribution in [0, 0.1) is 16.2 Å². The minimum atomic E-state index is -0.922. The number of ether oxygens (including phenoxy) is 3. The quantitative estimate of drug-likeness (QED) is 0.0721. The molecule has 0 saturated heterocycles. The lowest BCUT2D eigenvalue weighted by Gasteiger charge is -2.34. The standard InChI is InChI=1S/C45H81N3O9S3/c1-19-31(58-43(13,14)28-40(4,5)6)34(49)55-25-22-46-37(52)47(23-26-56-35(50)32(20-2)59-44(15,16)29-41(7,8)9)39(54)48(38(46)53)24-27-57-36(51)33(21-3)60-45(17,18)30-42(10,11)12/h31-33H,19-30H2,1-18H3. The number of carbonyl (C=O) groups excluding carboxylic acids is 3. The van der Waals surface area contributed by atoms with Crippen molar-refractivity contribution in [3.05, 3.63) is 31.5 Å². The minimum Gasteiger partial charge on any atom is -0.463 e. The highest BCUT2D eigenvalue weighted by Crippen LogP contribution is 2.42. The van der Waals surface area contributed by atoms with Gasteiger partial charge in [-0.3, -0.25) is 14.4 Å². The summed E-state index contributed by atoms with van der Waals surface area (Å²) in [6, 6.07) is 0. The average molecular weight is 904 g/mol. The SMILES string of the molecule is CCC(SC(C)(C)CC(C)(C)C)C(=O)OCCn1c(=O)n(CCOC(=O)C(CC)SC(C)(C)CC(C)(C)C)c(=O)n(CCOC(=O)C(CC)SC(C)(C)CC(C)(C)C)c1=O. The van der Waals surface area contributed by atoms with Crippen molar-refractivity contribution in [1.29, 1.82) is 0 Å². The largest absolute Gasteiger partial charge is 0.463 e. The molecule has 1 rings (SSSR count). The van der Waals surface area contributed by atoms with Gasteiger partial charge in [0, 0.05) is 14.2 Å². The summed E-state index contributed by atoms with van der Waals surface area (Å²) in [5, 5.41) is -1.37. The molecular weight excluding hydrogens is 823 g/mol. The van der Waals surface area contributed by atoms with Crippen molar-refractivity contribution >= 4 is 53.2 Å². The third-order valence-corrected chi connectivity index (χ3v) is 14.0. The van der Waals surface area contributed by atoms with Crippen LogP contribution in [0.25, 0.3) is 0 Å². The van der Waals surface area contributed by atoms with Gasteiger partial charge in [-0.25, -0.2) is 28.1 Å². The van der Waals surface area contributed by atoms with E-state index in [0.29, 0.717) is 19.3 Å². The summed E-state index contributed by atoms with van der Waals surface area (Å²) < 4.78 is 18.8. The number of rotatable bonds is 24. The van der Waals surface area contributed by atoms with Gasteiger partial charge in [0.05, 0.1) is 19.6 Å². The number of hydrogen-bond acceptors (Lipinski definition) is 12. The molecule has 0 aliphatic rings. The van der Waals surface area contributed by atoms with Crippen LogP contribution in [-0.4, -0.2) is 81.4 Å². The Morgan fingerprint density at radius 1 is 0.433 bits per heavy atom. The first-order valence-corrected chi connectivity index (χ1v) is 24.3. The Labute approximate surface area is 374 Å². The summed E-state index contributed by atoms with van der Waals surface area (Å²) in [5.41, 5.74) is -2.60. The molecule has 0 radical (unpaired) electrons. The third kappa shape index (κ3) is 20.4. The van der Waals surface area contributed by atoms with Gasteiger partial charge < -0.3 is 14.2 Å². The van der Waals surface area contributed by atoms with Crippen molar-refractivity contribution in [2.75, 3.05) is 19.8 Å². The molecular formula is C45H81N3O9S3. The second kappa shape index (κ2) is 23.0. The van der Waals surface area contributed by atoms with Crippen LogP contribution in [0.4, 0.5) is 0 Å². The minimum absolute atomic E-state index is 0.0544. The van der Waals surface area contributed by atoms with E-state index in [1.807, 2.05) is 20.8 Å². The Balaban J connectivity index is 3.39. The van der Waals surface area contributed by atoms with Crippen LogP contribution in [0.2, 0.25) is 0 Å². The van der Waals surface area contributed by atoms with Crippen LogP contribution in [0.5, 0.6) is 0 Å². The molecule has 1 heterocycles. The number of hydrogen-bond donors (Lipinski definition) is 0. The molecule has 12 nitrogen and oxygen atoms in total. The fourth-order valence-corrected chi connectivity index (χ4v) is 13.1. The van der Waals surface area contributed by atoms with E-state index in [2.05, 4.69) is 104 Å². The molecule has 0 aliphatic carbocycles. The lowest BCUT2D eigenvalue weighted by atomic mass is 9.86. The third-order valence-electron chi connectivity index (χ3n) is 9.22. The molecule has 0 amide bonds. The molecule has 3 unspecified atom stereocenters. The molecule has 0 saturated carbocycles. The predicted molar refractivity (Wildman–Crippen MR) is 252 cm³/mol. The zero-order valence-electron chi connectivity index (χ0n) is 40.5. The molecule has 0 spiro atoms. The summed E-state index contributed by atoms with van der Waals surface area (Å²) in [6.07, 6.45) is 4.21. The van der Waals surface area contributed by atoms with Crippen molar-refractivity contribution in [3.8, 4) is 0 Å². The zero-order chi connectivity index (χ0) is 46.7. The Morgan fingerprint density at radius 2 is 0.633 bits per heavy atom. The number of carbonyl (C=O) groups is 3. The molecule has 60 heavy (non-hydrogen) atoms. The Morgan fingerprint density at radius 3 is 0.800 bits per heavy atom. The van der Waals surface area contributed by atoms with E-state index in [4.69, 9.17) is 14.2 Å². The Bertz CT molecular complexity index is 1510. The van der Waals surface area contributed by atoms with Crippen LogP contribution in [0.15, 0.2) is 14.4 Å². The van der Waals surface area contributed by atoms with Gasteiger partial charge in [0.25, 0.3) is 0 Å². The van der Waals surface area contributed by atoms with Crippen LogP contribution >= 0.6 is 35.3 Å². The van der Waals surface area contributed by atoms with Gasteiger partial charge in [0.1, 0.15) is 35.6 Å². The van der Waals surface area contributed by atoms with Gasteiger partial charge in [-0.2, -0.15) is 0 Å². The lowest BCUT2D eigenvalue weighted by Crippen LogP contribution is -2.55. The highest BCUT2D eigenvalue weighted by atomic mass is 32.2. The molecule has 0 aliphatic heterocycles. The maximum Gasteiger partial charge on any atom is 0.336 e. The molecule has 3 atom stereocenters. The normalized spacial score (nSPS) is 14.7. The zero-order valence-corrected chi connectivity index (χ0v) is 42.9. The second-order valence-electron chi connectivity index (χ2n) is 21.3. The molecule has 1 aromatic heterocycles. The first-order valence-electron chi connectivity index (χ1n) is 21.6. The van der Waals surface area contributed by atoms with Crippen molar-refractivity contribution in [3.63, 3.8) is 0 Å². The maximum absolute atomic E-state index is 13.8. The van der Waals surface area contributed by atoms with Crippen LogP contribution < -0.4 is 17.1 Å². The smallest absolute Gasteiger partial charge is 0.336 e. The van der Waals surface area contributed by atoms with Gasteiger partial charge in [0.15, 0.2) is 0 Å². The van der Waals surface area contributed by atoms with Crippen LogP contribution in [0.3, 0.4) is 0 Å². The summed E-state index contributed by atoms with van der Waals surface area (Å²) in [4.78, 5) is 81.3. The van der Waals surface area contributed by atoms with Gasteiger partial charge >= 0.3 is 35.0 Å². The Kier molecular flexibility index (Phi) is 21.4. The molecule has 0 bridgehead atoms. The number of nitrogens with zero attached hydrogens (tertiary/aromatic N) is 3. The molecule has 0 aromatic carbocycles. The van der Waals surface area contributed by atoms with Gasteiger partial charge in [-0.1, -0.05) is 125 Å². The fraction of sp³-hybridized carbons (Fsp3) is 0.867. The summed E-state index contributed by atoms with van der Waals surface area (Å²) in [7, 11) is 0. The highest BCUT2D eigenvalue weighted by molar-refractivity contribution is 8.02. The summed E-state index contributed by atoms with van der Waals surface area (Å²) in [6.45, 7) is 35.9. The molecule has 0 fully saturated rings. The van der Waals surface area contributed by atoms with E-state index in [-0.39, 0.29) is 69.9 Å². The highest BCUT2D eigenvalue weighted by Gasteiger charge is 2.35. The monoisotopic (exact) mass is 904 g/mol. The van der Waals surface area contributed by atoms with Crippen LogP contribution in [-0.2, 0) is 48.2 Å². The molecule has 15 heteroatoms. The van der Waals surface area contributed by atoms with E-state index in [1.54, 1.807) is 35.3 Å². The van der Waals surface area contributed by atoms with E-state index >= 15 is 0 Å². The molecule has 348 valence electrons. The van der Waals surface area contributed by atoms with Crippen molar-refractivity contribution in [2.24, 2.45) is 16.2 Å². The van der Waals surface area contributed by atoms with Crippen molar-refractivity contribution in [1.82, 2.24) is 13.7 Å². The fourth-order valence-electron chi connectivity index (χ4n) is 8.25. The Hall–Kier alpha value is -2.13. The van der Waals surface area contributed by atoms with E-state index in [9.17, 15) is 28.8 Å². The maximum atomic E-state index is 13.8. The number of esters is 3. The summed E-state index contributed by atoms with van der Waals surface area (Å²) in [5.74, 6) is -1.35. The van der Waals surface area contributed by atoms with Gasteiger partial charge in [-0.05, 0) is 54.8 Å². The molecule has 1 aromatic rings. The first-order chi connectivity index (χ1) is 27.2. The molecule has 0 N–H and O–H groups in total. The number of thioether (sulfide) groups is 3. The summed E-state index contributed by atoms with van der Waals surface area (Å²) >= 11 is 4.62. The van der Waals surface area contributed by atoms with Crippen LogP contribution in [0.1, 0.15) is 163 Å². The van der Waals surface area contributed by atoms with E-state index in [0.717, 1.165) is 33.0 Å². The van der Waals surface area contributed by atoms with Crippen molar-refractivity contribution < 1.29 is 28.6 Å². The first kappa shape index (κ1) is 55.9. The lowest BCUT2D eigenvalue weighted by molar-refractivity contribution is -0.144. The van der Waals surface area contributed by atoms with E-state index < -0.39 is 50.7 Å². The van der Waals surface area contributed by atoms with Gasteiger partial charge in [0.2, 0.25) is 0 Å². The average Bonchev–Trinajstić information content (AvgIpc) is 3.05. The predicted octanol–water partition coefficient (Wildman–Crippen LogP) is 8.98.